The number of halogens is 1. The van der Waals surface area contributed by atoms with E-state index in [1.807, 2.05) is 17.5 Å². The van der Waals surface area contributed by atoms with Crippen molar-refractivity contribution < 1.29 is 9.13 Å². The number of hydrogen-bond acceptors (Lipinski definition) is 4. The Kier molecular flexibility index (Phi) is 3.87. The maximum absolute atomic E-state index is 13.8. The number of benzene rings is 1. The molecule has 0 amide bonds. The van der Waals surface area contributed by atoms with E-state index in [2.05, 4.69) is 15.5 Å². The molecule has 0 radical (unpaired) electrons. The standard InChI is InChI=1S/C15H14FN3OS/c1-20-11-4-5-12(16)13(7-11)17-8-10-9-18-19-15(10)14-3-2-6-21-14/h2-7,9,17H,8H2,1H3,(H,18,19). The average Bonchev–Trinajstić information content (AvgIpc) is 3.17. The quantitative estimate of drug-likeness (QED) is 0.751. The van der Waals surface area contributed by atoms with Gasteiger partial charge in [0.05, 0.1) is 29.6 Å². The number of aromatic nitrogens is 2. The van der Waals surface area contributed by atoms with Crippen molar-refractivity contribution in [1.82, 2.24) is 10.2 Å². The summed E-state index contributed by atoms with van der Waals surface area (Å²) >= 11 is 1.63. The van der Waals surface area contributed by atoms with Crippen LogP contribution in [0.2, 0.25) is 0 Å². The molecule has 2 aromatic heterocycles. The van der Waals surface area contributed by atoms with E-state index in [0.29, 0.717) is 18.0 Å². The smallest absolute Gasteiger partial charge is 0.146 e. The Morgan fingerprint density at radius 3 is 3.05 bits per heavy atom. The molecule has 0 aliphatic heterocycles. The van der Waals surface area contributed by atoms with Gasteiger partial charge in [-0.15, -0.1) is 11.3 Å². The molecular weight excluding hydrogens is 289 g/mol. The average molecular weight is 303 g/mol. The van der Waals surface area contributed by atoms with Crippen molar-refractivity contribution in [2.45, 2.75) is 6.54 Å². The van der Waals surface area contributed by atoms with Crippen LogP contribution in [0.3, 0.4) is 0 Å². The maximum atomic E-state index is 13.8. The summed E-state index contributed by atoms with van der Waals surface area (Å²) < 4.78 is 18.9. The van der Waals surface area contributed by atoms with Gasteiger partial charge in [-0.2, -0.15) is 5.10 Å². The Hall–Kier alpha value is -2.34. The molecule has 0 bridgehead atoms. The van der Waals surface area contributed by atoms with E-state index in [-0.39, 0.29) is 5.82 Å². The first-order valence-electron chi connectivity index (χ1n) is 6.41. The molecule has 1 aromatic carbocycles. The molecule has 0 unspecified atom stereocenters. The van der Waals surface area contributed by atoms with E-state index in [1.165, 1.54) is 6.07 Å². The molecule has 21 heavy (non-hydrogen) atoms. The lowest BCUT2D eigenvalue weighted by Crippen LogP contribution is -2.02. The van der Waals surface area contributed by atoms with Crippen LogP contribution in [0.1, 0.15) is 5.56 Å². The minimum atomic E-state index is -0.308. The summed E-state index contributed by atoms with van der Waals surface area (Å²) in [7, 11) is 1.56. The summed E-state index contributed by atoms with van der Waals surface area (Å²) in [5.41, 5.74) is 2.35. The summed E-state index contributed by atoms with van der Waals surface area (Å²) in [5.74, 6) is 0.307. The van der Waals surface area contributed by atoms with Crippen molar-refractivity contribution in [3.63, 3.8) is 0 Å². The topological polar surface area (TPSA) is 49.9 Å². The molecule has 3 aromatic rings. The molecule has 0 aliphatic rings. The summed E-state index contributed by atoms with van der Waals surface area (Å²) in [5, 5.41) is 12.1. The molecule has 2 N–H and O–H groups in total. The van der Waals surface area contributed by atoms with Crippen molar-refractivity contribution in [3.05, 3.63) is 53.3 Å². The molecule has 0 saturated carbocycles. The second-order valence-corrected chi connectivity index (χ2v) is 5.39. The van der Waals surface area contributed by atoms with Crippen molar-refractivity contribution in [2.75, 3.05) is 12.4 Å². The number of ether oxygens (including phenoxy) is 1. The van der Waals surface area contributed by atoms with Gasteiger partial charge in [0.2, 0.25) is 0 Å². The van der Waals surface area contributed by atoms with Crippen molar-refractivity contribution in [3.8, 4) is 16.3 Å². The van der Waals surface area contributed by atoms with Crippen molar-refractivity contribution in [1.29, 1.82) is 0 Å². The van der Waals surface area contributed by atoms with Crippen molar-refractivity contribution >= 4 is 17.0 Å². The summed E-state index contributed by atoms with van der Waals surface area (Å²) in [6, 6.07) is 8.62. The number of rotatable bonds is 5. The molecule has 0 fully saturated rings. The van der Waals surface area contributed by atoms with Crippen LogP contribution in [0, 0.1) is 5.82 Å². The summed E-state index contributed by atoms with van der Waals surface area (Å²) in [6.07, 6.45) is 1.75. The Balaban J connectivity index is 1.78. The van der Waals surface area contributed by atoms with Gasteiger partial charge in [0.25, 0.3) is 0 Å². The first-order chi connectivity index (χ1) is 10.3. The molecule has 3 rings (SSSR count). The third kappa shape index (κ3) is 2.90. The SMILES string of the molecule is COc1ccc(F)c(NCc2cn[nH]c2-c2cccs2)c1. The van der Waals surface area contributed by atoms with Crippen LogP contribution in [0.25, 0.3) is 10.6 Å². The minimum Gasteiger partial charge on any atom is -0.497 e. The van der Waals surface area contributed by atoms with Gasteiger partial charge in [-0.3, -0.25) is 5.10 Å². The van der Waals surface area contributed by atoms with Gasteiger partial charge in [0, 0.05) is 18.2 Å². The van der Waals surface area contributed by atoms with Gasteiger partial charge in [0.1, 0.15) is 11.6 Å². The first-order valence-corrected chi connectivity index (χ1v) is 7.29. The van der Waals surface area contributed by atoms with E-state index in [0.717, 1.165) is 16.1 Å². The monoisotopic (exact) mass is 303 g/mol. The number of anilines is 1. The highest BCUT2D eigenvalue weighted by molar-refractivity contribution is 7.13. The molecular formula is C15H14FN3OS. The zero-order valence-electron chi connectivity index (χ0n) is 11.4. The summed E-state index contributed by atoms with van der Waals surface area (Å²) in [4.78, 5) is 1.11. The van der Waals surface area contributed by atoms with E-state index >= 15 is 0 Å². The van der Waals surface area contributed by atoms with Gasteiger partial charge in [0.15, 0.2) is 0 Å². The minimum absolute atomic E-state index is 0.308. The van der Waals surface area contributed by atoms with Crippen LogP contribution in [-0.4, -0.2) is 17.3 Å². The lowest BCUT2D eigenvalue weighted by molar-refractivity contribution is 0.414. The molecule has 6 heteroatoms. The molecule has 0 aliphatic carbocycles. The Labute approximate surface area is 125 Å². The van der Waals surface area contributed by atoms with E-state index in [9.17, 15) is 4.39 Å². The Morgan fingerprint density at radius 2 is 2.29 bits per heavy atom. The number of thiophene rings is 1. The highest BCUT2D eigenvalue weighted by Gasteiger charge is 2.10. The molecule has 0 atom stereocenters. The van der Waals surface area contributed by atoms with Crippen molar-refractivity contribution in [2.24, 2.45) is 0 Å². The molecule has 0 saturated heterocycles. The third-order valence-electron chi connectivity index (χ3n) is 3.13. The van der Waals surface area contributed by atoms with Gasteiger partial charge in [-0.25, -0.2) is 4.39 Å². The largest absolute Gasteiger partial charge is 0.497 e. The fourth-order valence-electron chi connectivity index (χ4n) is 2.04. The number of H-pyrrole nitrogens is 1. The number of nitrogens with one attached hydrogen (secondary N) is 2. The Morgan fingerprint density at radius 1 is 1.38 bits per heavy atom. The molecule has 108 valence electrons. The number of hydrogen-bond donors (Lipinski definition) is 2. The van der Waals surface area contributed by atoms with Crippen LogP contribution in [0.15, 0.2) is 41.9 Å². The van der Waals surface area contributed by atoms with Gasteiger partial charge in [-0.1, -0.05) is 6.07 Å². The predicted octanol–water partition coefficient (Wildman–Crippen LogP) is 3.90. The van der Waals surface area contributed by atoms with Crippen LogP contribution in [0.4, 0.5) is 10.1 Å². The zero-order chi connectivity index (χ0) is 14.7. The fourth-order valence-corrected chi connectivity index (χ4v) is 2.79. The van der Waals surface area contributed by atoms with Crippen LogP contribution in [-0.2, 0) is 6.54 Å². The summed E-state index contributed by atoms with van der Waals surface area (Å²) in [6.45, 7) is 0.480. The maximum Gasteiger partial charge on any atom is 0.146 e. The number of nitrogens with zero attached hydrogens (tertiary/aromatic N) is 1. The highest BCUT2D eigenvalue weighted by Crippen LogP contribution is 2.27. The lowest BCUT2D eigenvalue weighted by atomic mass is 10.2. The van der Waals surface area contributed by atoms with Crippen LogP contribution >= 0.6 is 11.3 Å². The van der Waals surface area contributed by atoms with E-state index < -0.39 is 0 Å². The first kappa shape index (κ1) is 13.6. The van der Waals surface area contributed by atoms with Gasteiger partial charge >= 0.3 is 0 Å². The molecule has 0 spiro atoms. The zero-order valence-corrected chi connectivity index (χ0v) is 12.2. The van der Waals surface area contributed by atoms with Crippen LogP contribution < -0.4 is 10.1 Å². The highest BCUT2D eigenvalue weighted by atomic mass is 32.1. The van der Waals surface area contributed by atoms with Gasteiger partial charge < -0.3 is 10.1 Å². The van der Waals surface area contributed by atoms with E-state index in [1.54, 1.807) is 36.8 Å². The second kappa shape index (κ2) is 5.97. The lowest BCUT2D eigenvalue weighted by Gasteiger charge is -2.09. The number of methoxy groups -OCH3 is 1. The normalized spacial score (nSPS) is 10.6. The van der Waals surface area contributed by atoms with E-state index in [4.69, 9.17) is 4.74 Å². The van der Waals surface area contributed by atoms with Crippen LogP contribution in [0.5, 0.6) is 5.75 Å². The predicted molar refractivity (Wildman–Crippen MR) is 82.2 cm³/mol. The third-order valence-corrected chi connectivity index (χ3v) is 4.02. The fraction of sp³-hybridized carbons (Fsp3) is 0.133. The Bertz CT molecular complexity index is 724. The molecule has 4 nitrogen and oxygen atoms in total. The molecule has 2 heterocycles. The number of aromatic amines is 1. The second-order valence-electron chi connectivity index (χ2n) is 4.45. The van der Waals surface area contributed by atoms with Gasteiger partial charge in [-0.05, 0) is 23.6 Å².